The Morgan fingerprint density at radius 2 is 1.86 bits per heavy atom. The van der Waals surface area contributed by atoms with Gasteiger partial charge >= 0.3 is 6.18 Å². The van der Waals surface area contributed by atoms with Gasteiger partial charge in [0.25, 0.3) is 0 Å². The lowest BCUT2D eigenvalue weighted by Crippen LogP contribution is -2.38. The summed E-state index contributed by atoms with van der Waals surface area (Å²) in [5.41, 5.74) is -0.0202. The SMILES string of the molecule is FC(F)(F)c1cc(Br)c2ccn(CCN3CCOCC3)c2c1. The van der Waals surface area contributed by atoms with Crippen molar-refractivity contribution in [3.05, 3.63) is 34.4 Å². The molecule has 1 aliphatic heterocycles. The Bertz CT molecular complexity index is 663. The standard InChI is InChI=1S/C15H16BrF3N2O/c16-13-9-11(15(17,18)19)10-14-12(13)1-2-21(14)4-3-20-5-7-22-8-6-20/h1-2,9-10H,3-8H2. The number of halogens is 4. The Labute approximate surface area is 134 Å². The van der Waals surface area contributed by atoms with Crippen LogP contribution in [0.3, 0.4) is 0 Å². The molecule has 0 unspecified atom stereocenters. The van der Waals surface area contributed by atoms with Crippen LogP contribution in [-0.2, 0) is 17.5 Å². The van der Waals surface area contributed by atoms with Crippen LogP contribution in [0.4, 0.5) is 13.2 Å². The van der Waals surface area contributed by atoms with Crippen molar-refractivity contribution in [1.29, 1.82) is 0 Å². The van der Waals surface area contributed by atoms with E-state index in [4.69, 9.17) is 4.74 Å². The second-order valence-electron chi connectivity index (χ2n) is 5.35. The molecular formula is C15H16BrF3N2O. The van der Waals surface area contributed by atoms with Crippen LogP contribution in [0.15, 0.2) is 28.9 Å². The zero-order chi connectivity index (χ0) is 15.7. The Kier molecular flexibility index (Phi) is 4.47. The lowest BCUT2D eigenvalue weighted by molar-refractivity contribution is -0.137. The van der Waals surface area contributed by atoms with Crippen LogP contribution < -0.4 is 0 Å². The van der Waals surface area contributed by atoms with Crippen molar-refractivity contribution in [3.8, 4) is 0 Å². The van der Waals surface area contributed by atoms with Crippen LogP contribution in [0, 0.1) is 0 Å². The fourth-order valence-electron chi connectivity index (χ4n) is 2.68. The average molecular weight is 377 g/mol. The lowest BCUT2D eigenvalue weighted by atomic mass is 10.1. The molecule has 1 aromatic carbocycles. The van der Waals surface area contributed by atoms with E-state index in [0.29, 0.717) is 16.5 Å². The van der Waals surface area contributed by atoms with Gasteiger partial charge in [-0.2, -0.15) is 13.2 Å². The number of ether oxygens (including phenoxy) is 1. The summed E-state index contributed by atoms with van der Waals surface area (Å²) in [5, 5.41) is 0.801. The highest BCUT2D eigenvalue weighted by atomic mass is 79.9. The van der Waals surface area contributed by atoms with Gasteiger partial charge in [0.15, 0.2) is 0 Å². The highest BCUT2D eigenvalue weighted by Gasteiger charge is 2.31. The molecule has 7 heteroatoms. The minimum absolute atomic E-state index is 0.474. The molecule has 0 amide bonds. The number of morpholine rings is 1. The van der Waals surface area contributed by atoms with Crippen molar-refractivity contribution in [1.82, 2.24) is 9.47 Å². The molecule has 1 fully saturated rings. The summed E-state index contributed by atoms with van der Waals surface area (Å²) in [7, 11) is 0. The van der Waals surface area contributed by atoms with Crippen LogP contribution in [0.1, 0.15) is 5.56 Å². The predicted molar refractivity (Wildman–Crippen MR) is 81.9 cm³/mol. The summed E-state index contributed by atoms with van der Waals surface area (Å²) in [6.07, 6.45) is -2.49. The fraction of sp³-hybridized carbons (Fsp3) is 0.467. The van der Waals surface area contributed by atoms with Gasteiger partial charge in [-0.3, -0.25) is 4.90 Å². The van der Waals surface area contributed by atoms with E-state index in [1.807, 2.05) is 16.8 Å². The van der Waals surface area contributed by atoms with E-state index in [1.54, 1.807) is 0 Å². The largest absolute Gasteiger partial charge is 0.416 e. The topological polar surface area (TPSA) is 17.4 Å². The Hall–Kier alpha value is -1.05. The minimum Gasteiger partial charge on any atom is -0.379 e. The first kappa shape index (κ1) is 15.8. The quantitative estimate of drug-likeness (QED) is 0.811. The molecule has 120 valence electrons. The van der Waals surface area contributed by atoms with E-state index in [0.717, 1.165) is 44.3 Å². The first-order valence-corrected chi connectivity index (χ1v) is 7.90. The molecule has 1 aromatic heterocycles. The molecule has 2 heterocycles. The molecule has 0 spiro atoms. The molecule has 0 bridgehead atoms. The normalized spacial score (nSPS) is 17.3. The third-order valence-corrected chi connectivity index (χ3v) is 4.58. The zero-order valence-electron chi connectivity index (χ0n) is 11.9. The van der Waals surface area contributed by atoms with E-state index in [-0.39, 0.29) is 0 Å². The molecule has 2 aromatic rings. The van der Waals surface area contributed by atoms with Gasteiger partial charge in [0.1, 0.15) is 0 Å². The minimum atomic E-state index is -4.34. The van der Waals surface area contributed by atoms with Crippen LogP contribution in [0.25, 0.3) is 10.9 Å². The van der Waals surface area contributed by atoms with Crippen LogP contribution in [0.2, 0.25) is 0 Å². The monoisotopic (exact) mass is 376 g/mol. The summed E-state index contributed by atoms with van der Waals surface area (Å²) in [5.74, 6) is 0. The van der Waals surface area contributed by atoms with Gasteiger partial charge in [0.05, 0.1) is 18.8 Å². The number of fused-ring (bicyclic) bond motifs is 1. The number of rotatable bonds is 3. The number of hydrogen-bond donors (Lipinski definition) is 0. The number of benzene rings is 1. The second-order valence-corrected chi connectivity index (χ2v) is 6.21. The van der Waals surface area contributed by atoms with Crippen molar-refractivity contribution < 1.29 is 17.9 Å². The van der Waals surface area contributed by atoms with Crippen molar-refractivity contribution in [2.45, 2.75) is 12.7 Å². The molecular weight excluding hydrogens is 361 g/mol. The van der Waals surface area contributed by atoms with Gasteiger partial charge in [-0.1, -0.05) is 15.9 Å². The van der Waals surface area contributed by atoms with Gasteiger partial charge in [-0.15, -0.1) is 0 Å². The van der Waals surface area contributed by atoms with Crippen LogP contribution in [-0.4, -0.2) is 42.3 Å². The van der Waals surface area contributed by atoms with Crippen molar-refractivity contribution >= 4 is 26.8 Å². The van der Waals surface area contributed by atoms with Crippen LogP contribution >= 0.6 is 15.9 Å². The van der Waals surface area contributed by atoms with Crippen molar-refractivity contribution in [2.24, 2.45) is 0 Å². The molecule has 22 heavy (non-hydrogen) atoms. The lowest BCUT2D eigenvalue weighted by Gasteiger charge is -2.26. The third kappa shape index (κ3) is 3.31. The second kappa shape index (κ2) is 6.22. The highest BCUT2D eigenvalue weighted by Crippen LogP contribution is 2.35. The molecule has 0 aliphatic carbocycles. The van der Waals surface area contributed by atoms with Crippen molar-refractivity contribution in [2.75, 3.05) is 32.8 Å². The van der Waals surface area contributed by atoms with Gasteiger partial charge in [0.2, 0.25) is 0 Å². The number of aromatic nitrogens is 1. The van der Waals surface area contributed by atoms with E-state index >= 15 is 0 Å². The predicted octanol–water partition coefficient (Wildman–Crippen LogP) is 3.75. The van der Waals surface area contributed by atoms with Crippen molar-refractivity contribution in [3.63, 3.8) is 0 Å². The van der Waals surface area contributed by atoms with E-state index in [1.165, 1.54) is 6.07 Å². The summed E-state index contributed by atoms with van der Waals surface area (Å²) < 4.78 is 46.5. The molecule has 1 saturated heterocycles. The van der Waals surface area contributed by atoms with Gasteiger partial charge in [-0.25, -0.2) is 0 Å². The van der Waals surface area contributed by atoms with E-state index < -0.39 is 11.7 Å². The Morgan fingerprint density at radius 3 is 2.55 bits per heavy atom. The smallest absolute Gasteiger partial charge is 0.379 e. The summed E-state index contributed by atoms with van der Waals surface area (Å²) in [6.45, 7) is 4.65. The summed E-state index contributed by atoms with van der Waals surface area (Å²) in [6, 6.07) is 4.20. The van der Waals surface area contributed by atoms with Crippen LogP contribution in [0.5, 0.6) is 0 Å². The van der Waals surface area contributed by atoms with E-state index in [2.05, 4.69) is 20.8 Å². The van der Waals surface area contributed by atoms with Gasteiger partial charge in [0, 0.05) is 47.8 Å². The maximum atomic E-state index is 13.0. The molecule has 3 nitrogen and oxygen atoms in total. The Morgan fingerprint density at radius 1 is 1.14 bits per heavy atom. The summed E-state index contributed by atoms with van der Waals surface area (Å²) >= 11 is 3.24. The average Bonchev–Trinajstić information content (AvgIpc) is 2.89. The zero-order valence-corrected chi connectivity index (χ0v) is 13.5. The maximum Gasteiger partial charge on any atom is 0.416 e. The van der Waals surface area contributed by atoms with E-state index in [9.17, 15) is 13.2 Å². The molecule has 0 N–H and O–H groups in total. The number of alkyl halides is 3. The third-order valence-electron chi connectivity index (χ3n) is 3.93. The first-order chi connectivity index (χ1) is 10.4. The number of nitrogens with zero attached hydrogens (tertiary/aromatic N) is 2. The Balaban J connectivity index is 1.85. The summed E-state index contributed by atoms with van der Waals surface area (Å²) in [4.78, 5) is 2.26. The molecule has 1 aliphatic rings. The molecule has 0 saturated carbocycles. The molecule has 3 rings (SSSR count). The highest BCUT2D eigenvalue weighted by molar-refractivity contribution is 9.10. The number of hydrogen-bond acceptors (Lipinski definition) is 2. The maximum absolute atomic E-state index is 13.0. The van der Waals surface area contributed by atoms with Gasteiger partial charge < -0.3 is 9.30 Å². The first-order valence-electron chi connectivity index (χ1n) is 7.11. The molecule has 0 radical (unpaired) electrons. The molecule has 0 atom stereocenters. The fourth-order valence-corrected chi connectivity index (χ4v) is 3.27. The van der Waals surface area contributed by atoms with Gasteiger partial charge in [-0.05, 0) is 18.2 Å².